The van der Waals surface area contributed by atoms with Crippen LogP contribution in [0.2, 0.25) is 0 Å². The molecule has 6 nitrogen and oxygen atoms in total. The zero-order valence-electron chi connectivity index (χ0n) is 45.4. The van der Waals surface area contributed by atoms with Crippen molar-refractivity contribution in [1.29, 1.82) is 0 Å². The zero-order valence-corrected chi connectivity index (χ0v) is 45.4. The molecule has 382 valence electrons. The predicted octanol–water partition coefficient (Wildman–Crippen LogP) is 21.0. The standard InChI is InChI=1S/C74H54N4O2/c1-8-9-21-44-39-42-20-15-32-61-64(42)68-55(30-19-34-63(68)80-61)76(44)57-38-36-46-51-41-58-50(40-59(51)78-70-49(67(57)72(46)78)26-17-28-53(70)74(5,6)7)45-35-37-56(66-48-25-16-27-52(73(2,3)4)69(48)77(58)71(45)66)75(43-22-11-10-12-23-43)54-29-18-33-62-65(54)47-24-13-14-31-60(47)79-62/h8-41H,1H2,2-7H3/b21-9-. The maximum Gasteiger partial charge on any atom is 0.137 e. The average Bonchev–Trinajstić information content (AvgIpc) is 3.10. The smallest absolute Gasteiger partial charge is 0.137 e. The number of benzene rings is 10. The summed E-state index contributed by atoms with van der Waals surface area (Å²) in [6.45, 7) is 18.2. The van der Waals surface area contributed by atoms with E-state index in [1.165, 1.54) is 87.3 Å². The summed E-state index contributed by atoms with van der Waals surface area (Å²) in [5, 5.41) is 15.4. The van der Waals surface area contributed by atoms with Crippen molar-refractivity contribution in [2.75, 3.05) is 4.90 Å². The number of aromatic nitrogens is 3. The first kappa shape index (κ1) is 45.3. The Bertz CT molecular complexity index is 5520. The van der Waals surface area contributed by atoms with Gasteiger partial charge >= 0.3 is 0 Å². The van der Waals surface area contributed by atoms with E-state index in [1.807, 2.05) is 6.08 Å². The Kier molecular flexibility index (Phi) is 8.89. The first-order valence-electron chi connectivity index (χ1n) is 27.9. The van der Waals surface area contributed by atoms with E-state index in [0.717, 1.165) is 83.2 Å². The third-order valence-corrected chi connectivity index (χ3v) is 17.5. The molecule has 10 aromatic carbocycles. The summed E-state index contributed by atoms with van der Waals surface area (Å²) in [7, 11) is 0. The number of hydrogen-bond acceptors (Lipinski definition) is 3. The SMILES string of the molecule is C=C/C=C\c1cc2cccc3oc4cccc(c4c23)n1-c1ccc2c3cc4c(cc3n3c5c(C(C)(C)C)cccc5c1c23)c1ccc(N(c2ccccc2)c2cccc3oc5ccccc5c23)c2c3cccc(C(C)(C)C)c3n4c12. The Morgan fingerprint density at radius 3 is 1.66 bits per heavy atom. The lowest BCUT2D eigenvalue weighted by atomic mass is 9.85. The van der Waals surface area contributed by atoms with Gasteiger partial charge in [0.25, 0.3) is 0 Å². The molecule has 0 aliphatic heterocycles. The van der Waals surface area contributed by atoms with Gasteiger partial charge in [-0.1, -0.05) is 169 Å². The van der Waals surface area contributed by atoms with Crippen molar-refractivity contribution < 1.29 is 8.83 Å². The second-order valence-electron chi connectivity index (χ2n) is 24.1. The molecule has 80 heavy (non-hydrogen) atoms. The minimum absolute atomic E-state index is 0.161. The maximum absolute atomic E-state index is 6.61. The van der Waals surface area contributed by atoms with Crippen LogP contribution < -0.4 is 4.90 Å². The van der Waals surface area contributed by atoms with Crippen molar-refractivity contribution >= 4 is 154 Å². The summed E-state index contributed by atoms with van der Waals surface area (Å²) in [5.74, 6) is 0. The van der Waals surface area contributed by atoms with Crippen LogP contribution in [0.5, 0.6) is 0 Å². The van der Waals surface area contributed by atoms with Gasteiger partial charge in [0.05, 0.1) is 66.5 Å². The molecule has 0 amide bonds. The van der Waals surface area contributed by atoms with Crippen LogP contribution in [0.1, 0.15) is 58.4 Å². The Morgan fingerprint density at radius 2 is 0.963 bits per heavy atom. The van der Waals surface area contributed by atoms with Gasteiger partial charge in [0.1, 0.15) is 22.3 Å². The zero-order chi connectivity index (χ0) is 53.7. The highest BCUT2D eigenvalue weighted by Crippen LogP contribution is 2.53. The van der Waals surface area contributed by atoms with Crippen LogP contribution in [0.25, 0.3) is 143 Å². The molecule has 17 aromatic rings. The highest BCUT2D eigenvalue weighted by atomic mass is 16.3. The number of fused-ring (bicyclic) bond motifs is 15. The van der Waals surface area contributed by atoms with Crippen molar-refractivity contribution in [3.63, 3.8) is 0 Å². The molecule has 6 heteroatoms. The van der Waals surface area contributed by atoms with Crippen LogP contribution >= 0.6 is 0 Å². The van der Waals surface area contributed by atoms with Gasteiger partial charge in [0, 0.05) is 65.2 Å². The third-order valence-electron chi connectivity index (χ3n) is 17.5. The van der Waals surface area contributed by atoms with Crippen molar-refractivity contribution in [2.45, 2.75) is 52.4 Å². The summed E-state index contributed by atoms with van der Waals surface area (Å²) in [5.41, 5.74) is 19.7. The summed E-state index contributed by atoms with van der Waals surface area (Å²) in [6, 6.07) is 69.4. The van der Waals surface area contributed by atoms with Crippen LogP contribution in [0, 0.1) is 0 Å². The molecule has 0 saturated heterocycles. The Morgan fingerprint density at radius 1 is 0.412 bits per heavy atom. The van der Waals surface area contributed by atoms with Gasteiger partial charge in [-0.2, -0.15) is 0 Å². The third kappa shape index (κ3) is 5.87. The highest BCUT2D eigenvalue weighted by Gasteiger charge is 2.32. The lowest BCUT2D eigenvalue weighted by Crippen LogP contribution is -2.12. The quantitative estimate of drug-likeness (QED) is 0.156. The highest BCUT2D eigenvalue weighted by molar-refractivity contribution is 6.33. The van der Waals surface area contributed by atoms with Crippen LogP contribution in [0.4, 0.5) is 17.1 Å². The van der Waals surface area contributed by atoms with E-state index in [4.69, 9.17) is 8.83 Å². The number of anilines is 3. The van der Waals surface area contributed by atoms with Crippen LogP contribution in [-0.2, 0) is 10.8 Å². The van der Waals surface area contributed by atoms with E-state index in [2.05, 4.69) is 267 Å². The average molecular weight is 1030 g/mol. The van der Waals surface area contributed by atoms with E-state index in [1.54, 1.807) is 0 Å². The lowest BCUT2D eigenvalue weighted by Gasteiger charge is -2.27. The molecule has 0 aliphatic carbocycles. The molecule has 0 saturated carbocycles. The van der Waals surface area contributed by atoms with E-state index >= 15 is 0 Å². The van der Waals surface area contributed by atoms with Crippen LogP contribution in [0.15, 0.2) is 216 Å². The predicted molar refractivity (Wildman–Crippen MR) is 338 cm³/mol. The summed E-state index contributed by atoms with van der Waals surface area (Å²) in [4.78, 5) is 2.47. The van der Waals surface area contributed by atoms with Crippen molar-refractivity contribution in [3.05, 3.63) is 224 Å². The van der Waals surface area contributed by atoms with Crippen LogP contribution in [-0.4, -0.2) is 13.4 Å². The first-order chi connectivity index (χ1) is 39.0. The molecule has 0 atom stereocenters. The fourth-order valence-electron chi connectivity index (χ4n) is 14.3. The van der Waals surface area contributed by atoms with Crippen molar-refractivity contribution in [2.24, 2.45) is 0 Å². The van der Waals surface area contributed by atoms with E-state index in [-0.39, 0.29) is 10.8 Å². The molecular formula is C74H54N4O2. The van der Waals surface area contributed by atoms with Gasteiger partial charge in [-0.3, -0.25) is 0 Å². The number of hydrogen-bond donors (Lipinski definition) is 0. The van der Waals surface area contributed by atoms with Gasteiger partial charge in [-0.15, -0.1) is 0 Å². The molecule has 0 N–H and O–H groups in total. The normalized spacial score (nSPS) is 13.1. The Balaban J connectivity index is 1.03. The van der Waals surface area contributed by atoms with Gasteiger partial charge < -0.3 is 27.1 Å². The largest absolute Gasteiger partial charge is 0.456 e. The van der Waals surface area contributed by atoms with E-state index < -0.39 is 0 Å². The second kappa shape index (κ2) is 15.7. The van der Waals surface area contributed by atoms with Gasteiger partial charge in [-0.05, 0) is 112 Å². The van der Waals surface area contributed by atoms with Gasteiger partial charge in [0.2, 0.25) is 0 Å². The number of furan rings is 2. The summed E-state index contributed by atoms with van der Waals surface area (Å²) >= 11 is 0. The molecule has 0 bridgehead atoms. The Hall–Kier alpha value is -9.78. The number of allylic oxidation sites excluding steroid dienone is 2. The summed E-state index contributed by atoms with van der Waals surface area (Å²) in [6.07, 6.45) is 6.11. The minimum atomic E-state index is -0.163. The fourth-order valence-corrected chi connectivity index (χ4v) is 14.3. The molecule has 7 heterocycles. The van der Waals surface area contributed by atoms with Crippen molar-refractivity contribution in [3.8, 4) is 5.69 Å². The molecule has 0 unspecified atom stereocenters. The van der Waals surface area contributed by atoms with E-state index in [0.29, 0.717) is 0 Å². The van der Waals surface area contributed by atoms with E-state index in [9.17, 15) is 0 Å². The lowest BCUT2D eigenvalue weighted by molar-refractivity contribution is 0.594. The molecule has 0 fully saturated rings. The van der Waals surface area contributed by atoms with Crippen LogP contribution in [0.3, 0.4) is 0 Å². The number of rotatable bonds is 6. The molecule has 7 aromatic heterocycles. The fraction of sp³-hybridized carbons (Fsp3) is 0.108. The molecule has 17 rings (SSSR count). The first-order valence-corrected chi connectivity index (χ1v) is 27.9. The molecule has 0 spiro atoms. The molecular weight excluding hydrogens is 977 g/mol. The second-order valence-corrected chi connectivity index (χ2v) is 24.1. The number of nitrogens with zero attached hydrogens (tertiary/aromatic N) is 4. The van der Waals surface area contributed by atoms with Gasteiger partial charge in [0.15, 0.2) is 0 Å². The number of para-hydroxylation sites is 4. The summed E-state index contributed by atoms with van der Waals surface area (Å²) < 4.78 is 20.9. The Labute approximate surface area is 460 Å². The molecule has 0 radical (unpaired) electrons. The molecule has 0 aliphatic rings. The minimum Gasteiger partial charge on any atom is -0.456 e. The monoisotopic (exact) mass is 1030 g/mol. The van der Waals surface area contributed by atoms with Gasteiger partial charge in [-0.25, -0.2) is 0 Å². The topological polar surface area (TPSA) is 43.3 Å². The van der Waals surface area contributed by atoms with Crippen molar-refractivity contribution in [1.82, 2.24) is 13.4 Å². The maximum atomic E-state index is 6.61.